The lowest BCUT2D eigenvalue weighted by atomic mass is 9.96. The van der Waals surface area contributed by atoms with Crippen LogP contribution in [0.4, 0.5) is 4.39 Å². The molecule has 0 saturated carbocycles. The first-order valence-corrected chi connectivity index (χ1v) is 5.33. The van der Waals surface area contributed by atoms with Crippen molar-refractivity contribution in [2.24, 2.45) is 5.84 Å². The molecule has 1 aromatic rings. The molecule has 2 rings (SSSR count). The maximum Gasteiger partial charge on any atom is 0.123 e. The van der Waals surface area contributed by atoms with E-state index in [-0.39, 0.29) is 11.9 Å². The second kappa shape index (κ2) is 5.09. The Bertz CT molecular complexity index is 375. The molecule has 0 saturated heterocycles. The molecule has 3 N–H and O–H groups in total. The standard InChI is InChI=1S/C12H15FN2O/c13-11-5-3-9(4-6-11)12(15-14)10-2-1-7-16-8-10/h3-6,8,12,15H,1-2,7,14H2. The van der Waals surface area contributed by atoms with Crippen LogP contribution in [0.2, 0.25) is 0 Å². The molecule has 1 heterocycles. The van der Waals surface area contributed by atoms with Crippen LogP contribution in [0.1, 0.15) is 24.4 Å². The quantitative estimate of drug-likeness (QED) is 0.607. The molecule has 0 aromatic heterocycles. The van der Waals surface area contributed by atoms with Crippen LogP contribution >= 0.6 is 0 Å². The van der Waals surface area contributed by atoms with Gasteiger partial charge in [-0.05, 0) is 36.1 Å². The molecule has 1 aliphatic heterocycles. The van der Waals surface area contributed by atoms with E-state index in [0.29, 0.717) is 0 Å². The Morgan fingerprint density at radius 1 is 1.31 bits per heavy atom. The molecule has 0 spiro atoms. The summed E-state index contributed by atoms with van der Waals surface area (Å²) in [6.07, 6.45) is 3.69. The lowest BCUT2D eigenvalue weighted by Gasteiger charge is -2.22. The third-order valence-electron chi connectivity index (χ3n) is 2.70. The molecule has 4 heteroatoms. The average Bonchev–Trinajstić information content (AvgIpc) is 2.34. The number of rotatable bonds is 3. The lowest BCUT2D eigenvalue weighted by Crippen LogP contribution is -2.30. The zero-order valence-electron chi connectivity index (χ0n) is 8.95. The summed E-state index contributed by atoms with van der Waals surface area (Å²) < 4.78 is 18.1. The largest absolute Gasteiger partial charge is 0.501 e. The Morgan fingerprint density at radius 2 is 2.06 bits per heavy atom. The summed E-state index contributed by atoms with van der Waals surface area (Å²) >= 11 is 0. The van der Waals surface area contributed by atoms with Crippen LogP contribution in [0.5, 0.6) is 0 Å². The smallest absolute Gasteiger partial charge is 0.123 e. The minimum Gasteiger partial charge on any atom is -0.501 e. The Hall–Kier alpha value is -1.39. The summed E-state index contributed by atoms with van der Waals surface area (Å²) in [4.78, 5) is 0. The SMILES string of the molecule is NNC(C1=COCCC1)c1ccc(F)cc1. The summed E-state index contributed by atoms with van der Waals surface area (Å²) in [7, 11) is 0. The van der Waals surface area contributed by atoms with Gasteiger partial charge in [0.1, 0.15) is 5.82 Å². The molecule has 0 bridgehead atoms. The zero-order chi connectivity index (χ0) is 11.4. The number of ether oxygens (including phenoxy) is 1. The summed E-state index contributed by atoms with van der Waals surface area (Å²) in [6.45, 7) is 0.754. The zero-order valence-corrected chi connectivity index (χ0v) is 8.95. The van der Waals surface area contributed by atoms with Crippen LogP contribution in [0, 0.1) is 5.82 Å². The molecule has 1 atom stereocenters. The van der Waals surface area contributed by atoms with Gasteiger partial charge in [0.2, 0.25) is 0 Å². The number of hydrazine groups is 1. The van der Waals surface area contributed by atoms with Gasteiger partial charge in [-0.2, -0.15) is 0 Å². The Morgan fingerprint density at radius 3 is 2.62 bits per heavy atom. The van der Waals surface area contributed by atoms with Gasteiger partial charge in [-0.25, -0.2) is 9.82 Å². The second-order valence-electron chi connectivity index (χ2n) is 3.82. The third-order valence-corrected chi connectivity index (χ3v) is 2.70. The maximum atomic E-state index is 12.8. The monoisotopic (exact) mass is 222 g/mol. The summed E-state index contributed by atoms with van der Waals surface area (Å²) in [5, 5.41) is 0. The van der Waals surface area contributed by atoms with Crippen molar-refractivity contribution in [3.05, 3.63) is 47.5 Å². The molecule has 1 aromatic carbocycles. The third kappa shape index (κ3) is 2.40. The molecule has 86 valence electrons. The molecular weight excluding hydrogens is 207 g/mol. The number of nitrogens with one attached hydrogen (secondary N) is 1. The van der Waals surface area contributed by atoms with Crippen molar-refractivity contribution < 1.29 is 9.13 Å². The fraction of sp³-hybridized carbons (Fsp3) is 0.333. The van der Waals surface area contributed by atoms with Gasteiger partial charge in [-0.3, -0.25) is 5.84 Å². The highest BCUT2D eigenvalue weighted by Crippen LogP contribution is 2.26. The molecule has 0 radical (unpaired) electrons. The van der Waals surface area contributed by atoms with E-state index in [1.165, 1.54) is 12.1 Å². The van der Waals surface area contributed by atoms with Crippen LogP contribution in [-0.4, -0.2) is 6.61 Å². The summed E-state index contributed by atoms with van der Waals surface area (Å²) in [5.41, 5.74) is 4.78. The predicted octanol–water partition coefficient (Wildman–Crippen LogP) is 2.02. The van der Waals surface area contributed by atoms with Crippen molar-refractivity contribution in [1.82, 2.24) is 5.43 Å². The number of hydrogen-bond donors (Lipinski definition) is 2. The van der Waals surface area contributed by atoms with Crippen LogP contribution in [0.15, 0.2) is 36.1 Å². The Balaban J connectivity index is 2.21. The molecule has 0 amide bonds. The van der Waals surface area contributed by atoms with Gasteiger partial charge in [0.05, 0.1) is 18.9 Å². The van der Waals surface area contributed by atoms with E-state index in [1.807, 2.05) is 0 Å². The van der Waals surface area contributed by atoms with E-state index in [4.69, 9.17) is 10.6 Å². The topological polar surface area (TPSA) is 47.3 Å². The number of benzene rings is 1. The number of halogens is 1. The van der Waals surface area contributed by atoms with Crippen molar-refractivity contribution in [3.63, 3.8) is 0 Å². The number of nitrogens with two attached hydrogens (primary N) is 1. The molecular formula is C12H15FN2O. The van der Waals surface area contributed by atoms with Crippen LogP contribution < -0.4 is 11.3 Å². The average molecular weight is 222 g/mol. The second-order valence-corrected chi connectivity index (χ2v) is 3.82. The van der Waals surface area contributed by atoms with E-state index >= 15 is 0 Å². The molecule has 16 heavy (non-hydrogen) atoms. The van der Waals surface area contributed by atoms with Gasteiger partial charge in [0, 0.05) is 0 Å². The first-order chi connectivity index (χ1) is 7.81. The first-order valence-electron chi connectivity index (χ1n) is 5.33. The van der Waals surface area contributed by atoms with Gasteiger partial charge in [-0.15, -0.1) is 0 Å². The minimum atomic E-state index is -0.242. The van der Waals surface area contributed by atoms with Gasteiger partial charge in [-0.1, -0.05) is 12.1 Å². The molecule has 1 aliphatic rings. The molecule has 1 unspecified atom stereocenters. The maximum absolute atomic E-state index is 12.8. The minimum absolute atomic E-state index is 0.0964. The van der Waals surface area contributed by atoms with Crippen molar-refractivity contribution >= 4 is 0 Å². The van der Waals surface area contributed by atoms with Gasteiger partial charge in [0.15, 0.2) is 0 Å². The van der Waals surface area contributed by atoms with Crippen molar-refractivity contribution in [3.8, 4) is 0 Å². The van der Waals surface area contributed by atoms with Crippen LogP contribution in [-0.2, 0) is 4.74 Å². The number of hydrogen-bond acceptors (Lipinski definition) is 3. The van der Waals surface area contributed by atoms with E-state index in [1.54, 1.807) is 18.4 Å². The molecule has 0 fully saturated rings. The van der Waals surface area contributed by atoms with E-state index in [2.05, 4.69) is 5.43 Å². The van der Waals surface area contributed by atoms with Crippen molar-refractivity contribution in [2.75, 3.05) is 6.61 Å². The van der Waals surface area contributed by atoms with E-state index in [0.717, 1.165) is 30.6 Å². The molecule has 0 aliphatic carbocycles. The van der Waals surface area contributed by atoms with E-state index in [9.17, 15) is 4.39 Å². The van der Waals surface area contributed by atoms with Crippen LogP contribution in [0.3, 0.4) is 0 Å². The highest BCUT2D eigenvalue weighted by atomic mass is 19.1. The Labute approximate surface area is 94.1 Å². The van der Waals surface area contributed by atoms with Gasteiger partial charge in [0.25, 0.3) is 0 Å². The highest BCUT2D eigenvalue weighted by molar-refractivity contribution is 5.28. The summed E-state index contributed by atoms with van der Waals surface area (Å²) in [6, 6.07) is 6.24. The fourth-order valence-corrected chi connectivity index (χ4v) is 1.87. The first kappa shape index (κ1) is 11.1. The predicted molar refractivity (Wildman–Crippen MR) is 59.7 cm³/mol. The molecule has 3 nitrogen and oxygen atoms in total. The van der Waals surface area contributed by atoms with Gasteiger partial charge < -0.3 is 4.74 Å². The lowest BCUT2D eigenvalue weighted by molar-refractivity contribution is 0.219. The Kier molecular flexibility index (Phi) is 3.54. The normalized spacial score (nSPS) is 17.5. The van der Waals surface area contributed by atoms with Crippen LogP contribution in [0.25, 0.3) is 0 Å². The highest BCUT2D eigenvalue weighted by Gasteiger charge is 2.17. The van der Waals surface area contributed by atoms with Gasteiger partial charge >= 0.3 is 0 Å². The van der Waals surface area contributed by atoms with E-state index < -0.39 is 0 Å². The van der Waals surface area contributed by atoms with Crippen molar-refractivity contribution in [2.45, 2.75) is 18.9 Å². The summed E-state index contributed by atoms with van der Waals surface area (Å²) in [5.74, 6) is 5.29. The van der Waals surface area contributed by atoms with Crippen molar-refractivity contribution in [1.29, 1.82) is 0 Å². The fourth-order valence-electron chi connectivity index (χ4n) is 1.87.